The number of hydrogen-bond donors (Lipinski definition) is 1. The summed E-state index contributed by atoms with van der Waals surface area (Å²) in [6, 6.07) is 8.88. The number of aliphatic hydroxyl groups excluding tert-OH is 1. The minimum atomic E-state index is -0.0131. The number of aryl methyl sites for hydroxylation is 1. The van der Waals surface area contributed by atoms with Crippen LogP contribution in [-0.4, -0.2) is 36.8 Å². The Labute approximate surface area is 112 Å². The molecular formula is C16H27NO. The van der Waals surface area contributed by atoms with E-state index in [0.29, 0.717) is 0 Å². The van der Waals surface area contributed by atoms with E-state index in [1.165, 1.54) is 11.1 Å². The van der Waals surface area contributed by atoms with Crippen molar-refractivity contribution in [2.45, 2.75) is 33.6 Å². The molecule has 0 atom stereocenters. The van der Waals surface area contributed by atoms with Crippen molar-refractivity contribution >= 4 is 0 Å². The fourth-order valence-corrected chi connectivity index (χ4v) is 2.12. The topological polar surface area (TPSA) is 23.5 Å². The average molecular weight is 249 g/mol. The van der Waals surface area contributed by atoms with Gasteiger partial charge < -0.3 is 10.0 Å². The van der Waals surface area contributed by atoms with E-state index in [9.17, 15) is 5.11 Å². The molecule has 0 radical (unpaired) electrons. The van der Waals surface area contributed by atoms with Crippen molar-refractivity contribution in [1.29, 1.82) is 0 Å². The highest BCUT2D eigenvalue weighted by atomic mass is 16.3. The van der Waals surface area contributed by atoms with E-state index < -0.39 is 0 Å². The zero-order valence-corrected chi connectivity index (χ0v) is 12.2. The van der Waals surface area contributed by atoms with Crippen LogP contribution in [0.1, 0.15) is 31.9 Å². The average Bonchev–Trinajstić information content (AvgIpc) is 2.36. The second-order valence-electron chi connectivity index (χ2n) is 5.98. The maximum Gasteiger partial charge on any atom is 0.0494 e. The van der Waals surface area contributed by atoms with Crippen molar-refractivity contribution in [2.24, 2.45) is 5.41 Å². The van der Waals surface area contributed by atoms with Crippen LogP contribution in [0.2, 0.25) is 0 Å². The van der Waals surface area contributed by atoms with Crippen LogP contribution in [0.3, 0.4) is 0 Å². The van der Waals surface area contributed by atoms with Gasteiger partial charge in [-0.1, -0.05) is 45.0 Å². The van der Waals surface area contributed by atoms with E-state index >= 15 is 0 Å². The van der Waals surface area contributed by atoms with Gasteiger partial charge in [0.2, 0.25) is 0 Å². The van der Waals surface area contributed by atoms with Crippen molar-refractivity contribution in [3.63, 3.8) is 0 Å². The lowest BCUT2D eigenvalue weighted by Gasteiger charge is -2.28. The van der Waals surface area contributed by atoms with Gasteiger partial charge in [0.05, 0.1) is 0 Å². The number of likely N-dealkylation sites (N-methyl/N-ethyl adjacent to an activating group) is 1. The molecule has 0 saturated carbocycles. The van der Waals surface area contributed by atoms with E-state index in [4.69, 9.17) is 0 Å². The SMILES string of the molecule is CCc1ccc(CCN(C)CC(C)(C)CO)cc1. The van der Waals surface area contributed by atoms with Crippen molar-refractivity contribution in [3.05, 3.63) is 35.4 Å². The van der Waals surface area contributed by atoms with Gasteiger partial charge in [-0.3, -0.25) is 0 Å². The minimum Gasteiger partial charge on any atom is -0.396 e. The zero-order valence-electron chi connectivity index (χ0n) is 12.2. The second kappa shape index (κ2) is 6.91. The molecule has 0 aromatic heterocycles. The summed E-state index contributed by atoms with van der Waals surface area (Å²) in [7, 11) is 2.12. The smallest absolute Gasteiger partial charge is 0.0494 e. The summed E-state index contributed by atoms with van der Waals surface area (Å²) in [5.41, 5.74) is 2.77. The van der Waals surface area contributed by atoms with Gasteiger partial charge in [0.25, 0.3) is 0 Å². The van der Waals surface area contributed by atoms with E-state index in [1.54, 1.807) is 0 Å². The quantitative estimate of drug-likeness (QED) is 0.803. The lowest BCUT2D eigenvalue weighted by atomic mass is 9.94. The molecule has 0 spiro atoms. The van der Waals surface area contributed by atoms with Gasteiger partial charge in [0.15, 0.2) is 0 Å². The van der Waals surface area contributed by atoms with Crippen LogP contribution in [0.4, 0.5) is 0 Å². The Hall–Kier alpha value is -0.860. The molecule has 0 saturated heterocycles. The van der Waals surface area contributed by atoms with Crippen LogP contribution in [0.25, 0.3) is 0 Å². The number of benzene rings is 1. The molecule has 0 heterocycles. The van der Waals surface area contributed by atoms with Crippen LogP contribution >= 0.6 is 0 Å². The third kappa shape index (κ3) is 5.19. The first kappa shape index (κ1) is 15.2. The third-order valence-corrected chi connectivity index (χ3v) is 3.34. The summed E-state index contributed by atoms with van der Waals surface area (Å²) in [6.45, 7) is 8.58. The molecule has 1 N–H and O–H groups in total. The fraction of sp³-hybridized carbons (Fsp3) is 0.625. The zero-order chi connectivity index (χ0) is 13.6. The van der Waals surface area contributed by atoms with Crippen LogP contribution in [0.15, 0.2) is 24.3 Å². The molecular weight excluding hydrogens is 222 g/mol. The molecule has 102 valence electrons. The summed E-state index contributed by atoms with van der Waals surface area (Å²) in [6.07, 6.45) is 2.17. The van der Waals surface area contributed by atoms with Crippen molar-refractivity contribution in [3.8, 4) is 0 Å². The molecule has 1 aromatic rings. The summed E-state index contributed by atoms with van der Waals surface area (Å²) < 4.78 is 0. The molecule has 18 heavy (non-hydrogen) atoms. The molecule has 0 fully saturated rings. The van der Waals surface area contributed by atoms with Crippen molar-refractivity contribution < 1.29 is 5.11 Å². The summed E-state index contributed by atoms with van der Waals surface area (Å²) >= 11 is 0. The predicted molar refractivity (Wildman–Crippen MR) is 77.9 cm³/mol. The number of nitrogens with zero attached hydrogens (tertiary/aromatic N) is 1. The van der Waals surface area contributed by atoms with Crippen LogP contribution in [0.5, 0.6) is 0 Å². The lowest BCUT2D eigenvalue weighted by molar-refractivity contribution is 0.116. The Balaban J connectivity index is 2.39. The van der Waals surface area contributed by atoms with Gasteiger partial charge in [-0.25, -0.2) is 0 Å². The van der Waals surface area contributed by atoms with E-state index in [2.05, 4.69) is 57.0 Å². The molecule has 0 aliphatic carbocycles. The molecule has 1 rings (SSSR count). The molecule has 0 aliphatic rings. The van der Waals surface area contributed by atoms with Gasteiger partial charge in [-0.2, -0.15) is 0 Å². The highest BCUT2D eigenvalue weighted by Crippen LogP contribution is 2.15. The summed E-state index contributed by atoms with van der Waals surface area (Å²) in [5.74, 6) is 0. The Bertz CT molecular complexity index is 343. The number of rotatable bonds is 7. The van der Waals surface area contributed by atoms with Gasteiger partial charge in [0, 0.05) is 25.1 Å². The molecule has 0 unspecified atom stereocenters. The second-order valence-corrected chi connectivity index (χ2v) is 5.98. The predicted octanol–water partition coefficient (Wildman–Crippen LogP) is 2.74. The molecule has 2 nitrogen and oxygen atoms in total. The Morgan fingerprint density at radius 1 is 1.11 bits per heavy atom. The van der Waals surface area contributed by atoms with E-state index in [-0.39, 0.29) is 12.0 Å². The first-order valence-corrected chi connectivity index (χ1v) is 6.84. The highest BCUT2D eigenvalue weighted by Gasteiger charge is 2.18. The Morgan fingerprint density at radius 3 is 2.17 bits per heavy atom. The molecule has 0 bridgehead atoms. The van der Waals surface area contributed by atoms with Gasteiger partial charge in [0.1, 0.15) is 0 Å². The van der Waals surface area contributed by atoms with Crippen molar-refractivity contribution in [1.82, 2.24) is 4.90 Å². The van der Waals surface area contributed by atoms with Crippen LogP contribution < -0.4 is 0 Å². The van der Waals surface area contributed by atoms with Crippen LogP contribution in [0, 0.1) is 5.41 Å². The van der Waals surface area contributed by atoms with Gasteiger partial charge in [-0.15, -0.1) is 0 Å². The Morgan fingerprint density at radius 2 is 1.67 bits per heavy atom. The standard InChI is InChI=1S/C16H27NO/c1-5-14-6-8-15(9-7-14)10-11-17(4)12-16(2,3)13-18/h6-9,18H,5,10-13H2,1-4H3. The first-order valence-electron chi connectivity index (χ1n) is 6.84. The first-order chi connectivity index (χ1) is 8.46. The Kier molecular flexibility index (Phi) is 5.83. The summed E-state index contributed by atoms with van der Waals surface area (Å²) in [5, 5.41) is 9.26. The molecule has 0 aliphatic heterocycles. The number of hydrogen-bond acceptors (Lipinski definition) is 2. The maximum absolute atomic E-state index is 9.26. The molecule has 0 amide bonds. The largest absolute Gasteiger partial charge is 0.396 e. The molecule has 1 aromatic carbocycles. The molecule has 2 heteroatoms. The van der Waals surface area contributed by atoms with Gasteiger partial charge >= 0.3 is 0 Å². The van der Waals surface area contributed by atoms with Gasteiger partial charge in [-0.05, 0) is 31.0 Å². The fourth-order valence-electron chi connectivity index (χ4n) is 2.12. The van der Waals surface area contributed by atoms with E-state index in [1.807, 2.05) is 0 Å². The normalized spacial score (nSPS) is 12.1. The maximum atomic E-state index is 9.26. The number of aliphatic hydroxyl groups is 1. The monoisotopic (exact) mass is 249 g/mol. The lowest BCUT2D eigenvalue weighted by Crippen LogP contribution is -2.35. The van der Waals surface area contributed by atoms with E-state index in [0.717, 1.165) is 25.9 Å². The summed E-state index contributed by atoms with van der Waals surface area (Å²) in [4.78, 5) is 2.30. The van der Waals surface area contributed by atoms with Crippen LogP contribution in [-0.2, 0) is 12.8 Å². The van der Waals surface area contributed by atoms with Crippen molar-refractivity contribution in [2.75, 3.05) is 26.7 Å². The third-order valence-electron chi connectivity index (χ3n) is 3.34. The highest BCUT2D eigenvalue weighted by molar-refractivity contribution is 5.22. The minimum absolute atomic E-state index is 0.0131.